The first-order valence-corrected chi connectivity index (χ1v) is 4.33. The quantitative estimate of drug-likeness (QED) is 0.486. The molecule has 12 heavy (non-hydrogen) atoms. The molecule has 2 nitrogen and oxygen atoms in total. The number of rotatable bonds is 4. The molecular formula is C10H14NO+. The lowest BCUT2D eigenvalue weighted by atomic mass is 10.2. The number of pyridine rings is 1. The molecule has 0 fully saturated rings. The van der Waals surface area contributed by atoms with E-state index in [4.69, 9.17) is 0 Å². The van der Waals surface area contributed by atoms with Crippen molar-refractivity contribution in [2.45, 2.75) is 26.2 Å². The first kappa shape index (κ1) is 8.91. The van der Waals surface area contributed by atoms with E-state index in [-0.39, 0.29) is 0 Å². The Balaban J connectivity index is 2.75. The maximum atomic E-state index is 10.6. The van der Waals surface area contributed by atoms with Gasteiger partial charge in [-0.15, -0.1) is 4.57 Å². The molecule has 1 heterocycles. The normalized spacial score (nSPS) is 9.75. The standard InChI is InChI=1S/C10H14NO/c1-2-3-6-10-7-4-5-8-11(10)9-12/h4-5,7-9H,2-3,6H2,1H3/q+1. The summed E-state index contributed by atoms with van der Waals surface area (Å²) >= 11 is 0. The van der Waals surface area contributed by atoms with Crippen molar-refractivity contribution in [3.8, 4) is 0 Å². The predicted molar refractivity (Wildman–Crippen MR) is 47.4 cm³/mol. The Labute approximate surface area is 72.8 Å². The van der Waals surface area contributed by atoms with Crippen molar-refractivity contribution in [3.63, 3.8) is 0 Å². The van der Waals surface area contributed by atoms with E-state index in [1.54, 1.807) is 10.8 Å². The van der Waals surface area contributed by atoms with Crippen LogP contribution in [0.3, 0.4) is 0 Å². The van der Waals surface area contributed by atoms with Gasteiger partial charge in [-0.2, -0.15) is 0 Å². The molecule has 0 aliphatic heterocycles. The van der Waals surface area contributed by atoms with Crippen LogP contribution >= 0.6 is 0 Å². The summed E-state index contributed by atoms with van der Waals surface area (Å²) in [6.45, 7) is 2.15. The molecule has 2 heteroatoms. The molecule has 0 bridgehead atoms. The van der Waals surface area contributed by atoms with Crippen molar-refractivity contribution < 1.29 is 9.36 Å². The molecule has 0 radical (unpaired) electrons. The van der Waals surface area contributed by atoms with E-state index in [0.717, 1.165) is 31.4 Å². The van der Waals surface area contributed by atoms with Gasteiger partial charge in [0.15, 0.2) is 11.9 Å². The SMILES string of the molecule is CCCCc1cccc[n+]1C=O. The number of unbranched alkanes of at least 4 members (excludes halogenated alkanes) is 1. The maximum absolute atomic E-state index is 10.6. The number of carbonyl (C=O) groups excluding carboxylic acids is 1. The fraction of sp³-hybridized carbons (Fsp3) is 0.400. The van der Waals surface area contributed by atoms with Crippen LogP contribution < -0.4 is 4.57 Å². The molecule has 0 spiro atoms. The van der Waals surface area contributed by atoms with Gasteiger partial charge in [0.2, 0.25) is 0 Å². The lowest BCUT2D eigenvalue weighted by molar-refractivity contribution is -0.562. The van der Waals surface area contributed by atoms with Crippen LogP contribution in [-0.4, -0.2) is 6.41 Å². The Kier molecular flexibility index (Phi) is 3.45. The Morgan fingerprint density at radius 1 is 1.50 bits per heavy atom. The number of aryl methyl sites for hydroxylation is 1. The number of nitrogens with zero attached hydrogens (tertiary/aromatic N) is 1. The lowest BCUT2D eigenvalue weighted by Gasteiger charge is -1.95. The summed E-state index contributed by atoms with van der Waals surface area (Å²) in [5.74, 6) is 0. The van der Waals surface area contributed by atoms with Crippen molar-refractivity contribution in [1.82, 2.24) is 0 Å². The summed E-state index contributed by atoms with van der Waals surface area (Å²) in [6, 6.07) is 5.82. The number of carbonyl (C=O) groups is 1. The maximum Gasteiger partial charge on any atom is 0.380 e. The van der Waals surface area contributed by atoms with Crippen LogP contribution in [0.5, 0.6) is 0 Å². The van der Waals surface area contributed by atoms with Gasteiger partial charge in [0.25, 0.3) is 0 Å². The van der Waals surface area contributed by atoms with Gasteiger partial charge < -0.3 is 0 Å². The highest BCUT2D eigenvalue weighted by atomic mass is 16.1. The lowest BCUT2D eigenvalue weighted by Crippen LogP contribution is -2.37. The minimum atomic E-state index is 0.852. The molecule has 0 unspecified atom stereocenters. The molecule has 0 aliphatic carbocycles. The summed E-state index contributed by atoms with van der Waals surface area (Å²) < 4.78 is 1.63. The zero-order valence-corrected chi connectivity index (χ0v) is 7.36. The smallest absolute Gasteiger partial charge is 0.222 e. The second-order valence-corrected chi connectivity index (χ2v) is 2.81. The molecule has 0 atom stereocenters. The first-order chi connectivity index (χ1) is 5.88. The molecular weight excluding hydrogens is 150 g/mol. The van der Waals surface area contributed by atoms with E-state index in [0.29, 0.717) is 0 Å². The predicted octanol–water partition coefficient (Wildman–Crippen LogP) is 1.35. The van der Waals surface area contributed by atoms with Gasteiger partial charge in [0.1, 0.15) is 0 Å². The third-order valence-corrected chi connectivity index (χ3v) is 1.88. The highest BCUT2D eigenvalue weighted by molar-refractivity contribution is 5.35. The number of aromatic nitrogens is 1. The second-order valence-electron chi connectivity index (χ2n) is 2.81. The van der Waals surface area contributed by atoms with Crippen LogP contribution in [0.4, 0.5) is 0 Å². The number of hydrogen-bond donors (Lipinski definition) is 0. The van der Waals surface area contributed by atoms with Crippen molar-refractivity contribution in [2.24, 2.45) is 0 Å². The van der Waals surface area contributed by atoms with Crippen LogP contribution in [0, 0.1) is 0 Å². The molecule has 1 aromatic heterocycles. The van der Waals surface area contributed by atoms with Crippen molar-refractivity contribution in [2.75, 3.05) is 0 Å². The van der Waals surface area contributed by atoms with E-state index in [2.05, 4.69) is 6.92 Å². The molecule has 1 aromatic rings. The second kappa shape index (κ2) is 4.65. The Hall–Kier alpha value is -1.18. The van der Waals surface area contributed by atoms with E-state index in [9.17, 15) is 4.79 Å². The zero-order chi connectivity index (χ0) is 8.81. The van der Waals surface area contributed by atoms with Crippen LogP contribution in [-0.2, 0) is 11.2 Å². The number of hydrogen-bond acceptors (Lipinski definition) is 1. The van der Waals surface area contributed by atoms with Crippen molar-refractivity contribution in [1.29, 1.82) is 0 Å². The van der Waals surface area contributed by atoms with E-state index in [1.807, 2.05) is 18.2 Å². The van der Waals surface area contributed by atoms with Crippen LogP contribution in [0.15, 0.2) is 24.4 Å². The minimum Gasteiger partial charge on any atom is -0.222 e. The summed E-state index contributed by atoms with van der Waals surface area (Å²) in [5.41, 5.74) is 1.09. The molecule has 0 aromatic carbocycles. The first-order valence-electron chi connectivity index (χ1n) is 4.33. The molecule has 0 aliphatic rings. The summed E-state index contributed by atoms with van der Waals surface area (Å²) in [6.07, 6.45) is 5.92. The highest BCUT2D eigenvalue weighted by Crippen LogP contribution is 1.98. The van der Waals surface area contributed by atoms with Crippen molar-refractivity contribution in [3.05, 3.63) is 30.1 Å². The Morgan fingerprint density at radius 3 is 3.00 bits per heavy atom. The Morgan fingerprint density at radius 2 is 2.33 bits per heavy atom. The third-order valence-electron chi connectivity index (χ3n) is 1.88. The van der Waals surface area contributed by atoms with Gasteiger partial charge >= 0.3 is 6.41 Å². The average Bonchev–Trinajstić information content (AvgIpc) is 2.15. The third kappa shape index (κ3) is 2.16. The molecule has 1 rings (SSSR count). The van der Waals surface area contributed by atoms with Crippen LogP contribution in [0.25, 0.3) is 0 Å². The molecule has 64 valence electrons. The van der Waals surface area contributed by atoms with Gasteiger partial charge in [-0.1, -0.05) is 19.4 Å². The molecule has 0 saturated heterocycles. The van der Waals surface area contributed by atoms with E-state index >= 15 is 0 Å². The van der Waals surface area contributed by atoms with Gasteiger partial charge in [0, 0.05) is 18.6 Å². The fourth-order valence-electron chi connectivity index (χ4n) is 1.16. The van der Waals surface area contributed by atoms with Gasteiger partial charge in [-0.3, -0.25) is 0 Å². The van der Waals surface area contributed by atoms with Crippen LogP contribution in [0.1, 0.15) is 25.5 Å². The minimum absolute atomic E-state index is 0.852. The van der Waals surface area contributed by atoms with E-state index in [1.165, 1.54) is 0 Å². The van der Waals surface area contributed by atoms with Gasteiger partial charge in [0.05, 0.1) is 0 Å². The highest BCUT2D eigenvalue weighted by Gasteiger charge is 2.05. The largest absolute Gasteiger partial charge is 0.380 e. The Bertz CT molecular complexity index is 258. The zero-order valence-electron chi connectivity index (χ0n) is 7.36. The summed E-state index contributed by atoms with van der Waals surface area (Å²) in [4.78, 5) is 10.6. The fourth-order valence-corrected chi connectivity index (χ4v) is 1.16. The van der Waals surface area contributed by atoms with Gasteiger partial charge in [-0.05, 0) is 6.42 Å². The average molecular weight is 164 g/mol. The molecule has 0 amide bonds. The van der Waals surface area contributed by atoms with E-state index < -0.39 is 0 Å². The van der Waals surface area contributed by atoms with Crippen molar-refractivity contribution >= 4 is 6.41 Å². The topological polar surface area (TPSA) is 20.9 Å². The monoisotopic (exact) mass is 164 g/mol. The van der Waals surface area contributed by atoms with Gasteiger partial charge in [-0.25, -0.2) is 4.79 Å². The summed E-state index contributed by atoms with van der Waals surface area (Å²) in [5, 5.41) is 0. The molecule has 0 saturated carbocycles. The molecule has 0 N–H and O–H groups in total. The van der Waals surface area contributed by atoms with Crippen LogP contribution in [0.2, 0.25) is 0 Å². The summed E-state index contributed by atoms with van der Waals surface area (Å²) in [7, 11) is 0.